The summed E-state index contributed by atoms with van der Waals surface area (Å²) in [4.78, 5) is 10.9. The molecule has 0 radical (unpaired) electrons. The molecule has 0 aliphatic rings. The van der Waals surface area contributed by atoms with Crippen LogP contribution in [0.15, 0.2) is 18.2 Å². The van der Waals surface area contributed by atoms with E-state index in [4.69, 9.17) is 10.00 Å². The minimum atomic E-state index is -0.0459. The lowest BCUT2D eigenvalue weighted by Crippen LogP contribution is -2.11. The lowest BCUT2D eigenvalue weighted by atomic mass is 9.86. The Labute approximate surface area is 95.7 Å². The van der Waals surface area contributed by atoms with Gasteiger partial charge in [0.15, 0.2) is 12.9 Å². The Kier molecular flexibility index (Phi) is 3.68. The zero-order valence-corrected chi connectivity index (χ0v) is 9.78. The highest BCUT2D eigenvalue weighted by Crippen LogP contribution is 2.27. The van der Waals surface area contributed by atoms with Crippen LogP contribution in [0.1, 0.15) is 36.7 Å². The third-order valence-electron chi connectivity index (χ3n) is 2.30. The quantitative estimate of drug-likeness (QED) is 0.731. The van der Waals surface area contributed by atoms with Crippen LogP contribution >= 0.6 is 0 Å². The number of rotatable bonds is 3. The Bertz CT molecular complexity index is 425. The molecule has 0 N–H and O–H groups in total. The van der Waals surface area contributed by atoms with Gasteiger partial charge in [0.25, 0.3) is 0 Å². The van der Waals surface area contributed by atoms with Crippen LogP contribution in [0.4, 0.5) is 0 Å². The zero-order valence-electron chi connectivity index (χ0n) is 9.78. The monoisotopic (exact) mass is 217 g/mol. The van der Waals surface area contributed by atoms with Crippen LogP contribution in [0.5, 0.6) is 5.75 Å². The Morgan fingerprint density at radius 2 is 2.12 bits per heavy atom. The lowest BCUT2D eigenvalue weighted by molar-refractivity contribution is 0.112. The molecule has 0 fully saturated rings. The molecule has 0 saturated heterocycles. The van der Waals surface area contributed by atoms with Gasteiger partial charge in [-0.1, -0.05) is 26.8 Å². The summed E-state index contributed by atoms with van der Waals surface area (Å²) in [5, 5.41) is 8.41. The van der Waals surface area contributed by atoms with E-state index in [9.17, 15) is 4.79 Å². The van der Waals surface area contributed by atoms with E-state index >= 15 is 0 Å². The number of hydrogen-bond donors (Lipinski definition) is 0. The molecule has 84 valence electrons. The topological polar surface area (TPSA) is 50.1 Å². The molecule has 0 unspecified atom stereocenters. The van der Waals surface area contributed by atoms with Crippen LogP contribution in [0.3, 0.4) is 0 Å². The predicted molar refractivity (Wildman–Crippen MR) is 61.6 cm³/mol. The molecule has 0 amide bonds. The predicted octanol–water partition coefficient (Wildman–Crippen LogP) is 2.70. The van der Waals surface area contributed by atoms with E-state index in [1.165, 1.54) is 0 Å². The Hall–Kier alpha value is -1.82. The lowest BCUT2D eigenvalue weighted by Gasteiger charge is -2.20. The van der Waals surface area contributed by atoms with Crippen LogP contribution in [0.2, 0.25) is 0 Å². The number of hydrogen-bond acceptors (Lipinski definition) is 3. The van der Waals surface area contributed by atoms with E-state index in [-0.39, 0.29) is 12.0 Å². The van der Waals surface area contributed by atoms with Gasteiger partial charge >= 0.3 is 0 Å². The molecule has 3 heteroatoms. The molecule has 0 heterocycles. The highest BCUT2D eigenvalue weighted by atomic mass is 16.5. The van der Waals surface area contributed by atoms with Crippen molar-refractivity contribution in [1.29, 1.82) is 5.26 Å². The molecular formula is C13H15NO2. The highest BCUT2D eigenvalue weighted by Gasteiger charge is 2.15. The highest BCUT2D eigenvalue weighted by molar-refractivity contribution is 5.79. The van der Waals surface area contributed by atoms with Crippen LogP contribution in [-0.2, 0) is 5.41 Å². The van der Waals surface area contributed by atoms with Gasteiger partial charge in [-0.3, -0.25) is 4.79 Å². The van der Waals surface area contributed by atoms with Crippen molar-refractivity contribution in [3.63, 3.8) is 0 Å². The van der Waals surface area contributed by atoms with Crippen LogP contribution in [-0.4, -0.2) is 12.9 Å². The number of ether oxygens (including phenoxy) is 1. The van der Waals surface area contributed by atoms with E-state index in [1.54, 1.807) is 12.1 Å². The SMILES string of the molecule is CC(C)(C)c1ccc(OCC#N)c(C=O)c1. The molecule has 0 aliphatic heterocycles. The fraction of sp³-hybridized carbons (Fsp3) is 0.385. The number of carbonyl (C=O) groups excluding carboxylic acids is 1. The molecule has 1 aromatic carbocycles. The summed E-state index contributed by atoms with van der Waals surface area (Å²) in [6.07, 6.45) is 0.752. The van der Waals surface area contributed by atoms with Gasteiger partial charge in [0.2, 0.25) is 0 Å². The third kappa shape index (κ3) is 2.83. The molecule has 0 atom stereocenters. The van der Waals surface area contributed by atoms with Gasteiger partial charge in [-0.15, -0.1) is 0 Å². The van der Waals surface area contributed by atoms with E-state index in [1.807, 2.05) is 12.1 Å². The fourth-order valence-corrected chi connectivity index (χ4v) is 1.35. The summed E-state index contributed by atoms with van der Waals surface area (Å²) in [5.41, 5.74) is 1.55. The second kappa shape index (κ2) is 4.80. The summed E-state index contributed by atoms with van der Waals surface area (Å²) < 4.78 is 5.15. The van der Waals surface area contributed by atoms with E-state index < -0.39 is 0 Å². The molecule has 1 rings (SSSR count). The van der Waals surface area contributed by atoms with Crippen molar-refractivity contribution in [2.75, 3.05) is 6.61 Å². The van der Waals surface area contributed by atoms with Crippen molar-refractivity contribution in [2.24, 2.45) is 0 Å². The number of benzene rings is 1. The zero-order chi connectivity index (χ0) is 12.2. The van der Waals surface area contributed by atoms with E-state index in [2.05, 4.69) is 20.8 Å². The van der Waals surface area contributed by atoms with Crippen molar-refractivity contribution in [2.45, 2.75) is 26.2 Å². The maximum atomic E-state index is 10.9. The first-order valence-electron chi connectivity index (χ1n) is 5.08. The first-order chi connectivity index (χ1) is 7.49. The Balaban J connectivity index is 3.08. The average molecular weight is 217 g/mol. The number of nitriles is 1. The second-order valence-corrected chi connectivity index (χ2v) is 4.57. The van der Waals surface area contributed by atoms with Gasteiger partial charge in [0.1, 0.15) is 11.8 Å². The number of nitrogens with zero attached hydrogens (tertiary/aromatic N) is 1. The summed E-state index contributed by atoms with van der Waals surface area (Å²) >= 11 is 0. The molecule has 3 nitrogen and oxygen atoms in total. The molecule has 16 heavy (non-hydrogen) atoms. The maximum absolute atomic E-state index is 10.9. The smallest absolute Gasteiger partial charge is 0.174 e. The van der Waals surface area contributed by atoms with Crippen LogP contribution in [0, 0.1) is 11.3 Å². The summed E-state index contributed by atoms with van der Waals surface area (Å²) in [5.74, 6) is 0.463. The first kappa shape index (κ1) is 12.3. The normalized spacial score (nSPS) is 10.6. The molecular weight excluding hydrogens is 202 g/mol. The van der Waals surface area contributed by atoms with Gasteiger partial charge in [0, 0.05) is 0 Å². The largest absolute Gasteiger partial charge is 0.478 e. The van der Waals surface area contributed by atoms with Crippen molar-refractivity contribution in [3.8, 4) is 11.8 Å². The molecule has 0 spiro atoms. The minimum Gasteiger partial charge on any atom is -0.478 e. The standard InChI is InChI=1S/C13H15NO2/c1-13(2,3)11-4-5-12(16-7-6-14)10(8-11)9-15/h4-5,8-9H,7H2,1-3H3. The summed E-state index contributed by atoms with van der Waals surface area (Å²) in [7, 11) is 0. The molecule has 1 aromatic rings. The molecule has 0 bridgehead atoms. The van der Waals surface area contributed by atoms with Crippen molar-refractivity contribution in [3.05, 3.63) is 29.3 Å². The van der Waals surface area contributed by atoms with Gasteiger partial charge < -0.3 is 4.74 Å². The van der Waals surface area contributed by atoms with Gasteiger partial charge in [-0.2, -0.15) is 5.26 Å². The summed E-state index contributed by atoms with van der Waals surface area (Å²) in [6, 6.07) is 7.33. The molecule has 0 saturated carbocycles. The number of carbonyl (C=O) groups is 1. The average Bonchev–Trinajstić information content (AvgIpc) is 2.24. The van der Waals surface area contributed by atoms with Crippen LogP contribution in [0.25, 0.3) is 0 Å². The Morgan fingerprint density at radius 3 is 2.62 bits per heavy atom. The van der Waals surface area contributed by atoms with E-state index in [0.717, 1.165) is 11.8 Å². The van der Waals surface area contributed by atoms with Gasteiger partial charge in [0.05, 0.1) is 5.56 Å². The minimum absolute atomic E-state index is 0.00841. The molecule has 0 aromatic heterocycles. The molecule has 0 aliphatic carbocycles. The fourth-order valence-electron chi connectivity index (χ4n) is 1.35. The second-order valence-electron chi connectivity index (χ2n) is 4.57. The first-order valence-corrected chi connectivity index (χ1v) is 5.08. The van der Waals surface area contributed by atoms with Crippen molar-refractivity contribution < 1.29 is 9.53 Å². The van der Waals surface area contributed by atoms with Gasteiger partial charge in [-0.05, 0) is 23.1 Å². The van der Waals surface area contributed by atoms with Gasteiger partial charge in [-0.25, -0.2) is 0 Å². The van der Waals surface area contributed by atoms with E-state index in [0.29, 0.717) is 11.3 Å². The maximum Gasteiger partial charge on any atom is 0.174 e. The van der Waals surface area contributed by atoms with Crippen molar-refractivity contribution >= 4 is 6.29 Å². The summed E-state index contributed by atoms with van der Waals surface area (Å²) in [6.45, 7) is 6.18. The Morgan fingerprint density at radius 1 is 1.44 bits per heavy atom. The van der Waals surface area contributed by atoms with Crippen LogP contribution < -0.4 is 4.74 Å². The van der Waals surface area contributed by atoms with Crippen molar-refractivity contribution in [1.82, 2.24) is 0 Å². The number of aldehydes is 1. The third-order valence-corrected chi connectivity index (χ3v) is 2.30.